The lowest BCUT2D eigenvalue weighted by molar-refractivity contribution is -0.139. The molecule has 0 radical (unpaired) electrons. The number of halogens is 2. The first-order chi connectivity index (χ1) is 11.6. The van der Waals surface area contributed by atoms with E-state index < -0.39 is 5.97 Å². The summed E-state index contributed by atoms with van der Waals surface area (Å²) in [7, 11) is 0. The van der Waals surface area contributed by atoms with E-state index in [-0.39, 0.29) is 12.5 Å². The Balaban J connectivity index is 1.59. The molecule has 0 fully saturated rings. The highest BCUT2D eigenvalue weighted by Crippen LogP contribution is 2.25. The summed E-state index contributed by atoms with van der Waals surface area (Å²) in [5.41, 5.74) is 1.41. The Morgan fingerprint density at radius 3 is 2.79 bits per heavy atom. The van der Waals surface area contributed by atoms with E-state index in [9.17, 15) is 4.79 Å². The molecule has 5 nitrogen and oxygen atoms in total. The maximum atomic E-state index is 11.8. The monoisotopic (exact) mass is 380 g/mol. The van der Waals surface area contributed by atoms with Crippen LogP contribution in [-0.4, -0.2) is 16.1 Å². The summed E-state index contributed by atoms with van der Waals surface area (Å²) in [6.07, 6.45) is 2.74. The summed E-state index contributed by atoms with van der Waals surface area (Å²) in [6.45, 7) is -0.115. The zero-order chi connectivity index (χ0) is 16.9. The maximum Gasteiger partial charge on any atom is 0.331 e. The molecule has 0 bridgehead atoms. The largest absolute Gasteiger partial charge is 0.452 e. The minimum atomic E-state index is -0.568. The van der Waals surface area contributed by atoms with E-state index in [1.807, 2.05) is 16.8 Å². The molecule has 0 amide bonds. The van der Waals surface area contributed by atoms with Gasteiger partial charge >= 0.3 is 5.97 Å². The Labute approximate surface area is 151 Å². The molecule has 3 aromatic rings. The van der Waals surface area contributed by atoms with Crippen LogP contribution in [-0.2, 0) is 16.1 Å². The van der Waals surface area contributed by atoms with Gasteiger partial charge in [0, 0.05) is 32.6 Å². The van der Waals surface area contributed by atoms with E-state index in [1.165, 1.54) is 23.5 Å². The van der Waals surface area contributed by atoms with Crippen molar-refractivity contribution in [2.45, 2.75) is 6.61 Å². The minimum Gasteiger partial charge on any atom is -0.452 e. The van der Waals surface area contributed by atoms with Crippen LogP contribution in [0.4, 0.5) is 0 Å². The molecule has 0 aliphatic rings. The molecule has 0 unspecified atom stereocenters. The molecule has 0 aliphatic heterocycles. The Hall–Kier alpha value is -2.15. The number of rotatable bonds is 5. The smallest absolute Gasteiger partial charge is 0.331 e. The summed E-state index contributed by atoms with van der Waals surface area (Å²) in [5.74, 6) is 0.107. The number of esters is 1. The third kappa shape index (κ3) is 4.03. The fraction of sp³-hybridized carbons (Fsp3) is 0.0625. The highest BCUT2D eigenvalue weighted by molar-refractivity contribution is 7.08. The SMILES string of the molecule is O=C(/C=C/c1c(Cl)cccc1Cl)OCc1nc(-c2ccsc2)no1. The van der Waals surface area contributed by atoms with Crippen LogP contribution in [0.1, 0.15) is 11.5 Å². The first-order valence-electron chi connectivity index (χ1n) is 6.77. The Morgan fingerprint density at radius 2 is 2.08 bits per heavy atom. The Morgan fingerprint density at radius 1 is 1.29 bits per heavy atom. The summed E-state index contributed by atoms with van der Waals surface area (Å²) < 4.78 is 10.1. The molecule has 2 aromatic heterocycles. The third-order valence-electron chi connectivity index (χ3n) is 2.97. The summed E-state index contributed by atoms with van der Waals surface area (Å²) in [6, 6.07) is 6.97. The zero-order valence-corrected chi connectivity index (χ0v) is 14.4. The number of aromatic nitrogens is 2. The zero-order valence-electron chi connectivity index (χ0n) is 12.1. The number of thiophene rings is 1. The second-order valence-electron chi connectivity index (χ2n) is 4.60. The molecular weight excluding hydrogens is 371 g/mol. The van der Waals surface area contributed by atoms with Crippen molar-refractivity contribution < 1.29 is 14.1 Å². The van der Waals surface area contributed by atoms with Gasteiger partial charge in [-0.25, -0.2) is 4.79 Å². The summed E-state index contributed by atoms with van der Waals surface area (Å²) >= 11 is 13.6. The second-order valence-corrected chi connectivity index (χ2v) is 6.19. The van der Waals surface area contributed by atoms with Crippen molar-refractivity contribution >= 4 is 46.6 Å². The van der Waals surface area contributed by atoms with Gasteiger partial charge < -0.3 is 9.26 Å². The van der Waals surface area contributed by atoms with E-state index in [4.69, 9.17) is 32.5 Å². The fourth-order valence-electron chi connectivity index (χ4n) is 1.82. The third-order valence-corrected chi connectivity index (χ3v) is 4.31. The number of hydrogen-bond donors (Lipinski definition) is 0. The number of hydrogen-bond acceptors (Lipinski definition) is 6. The van der Waals surface area contributed by atoms with Gasteiger partial charge in [-0.05, 0) is 29.7 Å². The van der Waals surface area contributed by atoms with E-state index in [0.29, 0.717) is 21.4 Å². The Bertz CT molecular complexity index is 855. The van der Waals surface area contributed by atoms with Crippen LogP contribution < -0.4 is 0 Å². The van der Waals surface area contributed by atoms with E-state index in [0.717, 1.165) is 5.56 Å². The maximum absolute atomic E-state index is 11.8. The highest BCUT2D eigenvalue weighted by Gasteiger charge is 2.10. The van der Waals surface area contributed by atoms with Crippen LogP contribution in [0, 0.1) is 0 Å². The number of carbonyl (C=O) groups excluding carboxylic acids is 1. The molecule has 1 aromatic carbocycles. The van der Waals surface area contributed by atoms with Gasteiger partial charge in [0.1, 0.15) is 0 Å². The minimum absolute atomic E-state index is 0.115. The summed E-state index contributed by atoms with van der Waals surface area (Å²) in [4.78, 5) is 15.9. The quantitative estimate of drug-likeness (QED) is 0.466. The van der Waals surface area contributed by atoms with Gasteiger partial charge in [0.2, 0.25) is 5.82 Å². The molecule has 0 N–H and O–H groups in total. The average molecular weight is 381 g/mol. The van der Waals surface area contributed by atoms with E-state index >= 15 is 0 Å². The van der Waals surface area contributed by atoms with Gasteiger partial charge in [-0.1, -0.05) is 34.4 Å². The van der Waals surface area contributed by atoms with Crippen molar-refractivity contribution in [3.63, 3.8) is 0 Å². The normalized spacial score (nSPS) is 11.1. The lowest BCUT2D eigenvalue weighted by atomic mass is 10.2. The van der Waals surface area contributed by atoms with Gasteiger partial charge in [0.25, 0.3) is 5.89 Å². The first kappa shape index (κ1) is 16.7. The summed E-state index contributed by atoms with van der Waals surface area (Å²) in [5, 5.41) is 8.54. The molecule has 0 aliphatic carbocycles. The van der Waals surface area contributed by atoms with Crippen molar-refractivity contribution in [2.24, 2.45) is 0 Å². The van der Waals surface area contributed by atoms with Crippen LogP contribution in [0.5, 0.6) is 0 Å². The number of nitrogens with zero attached hydrogens (tertiary/aromatic N) is 2. The lowest BCUT2D eigenvalue weighted by Crippen LogP contribution is -2.01. The van der Waals surface area contributed by atoms with Crippen LogP contribution in [0.3, 0.4) is 0 Å². The molecule has 0 saturated carbocycles. The molecule has 0 spiro atoms. The van der Waals surface area contributed by atoms with Crippen LogP contribution in [0.2, 0.25) is 10.0 Å². The van der Waals surface area contributed by atoms with Crippen molar-refractivity contribution in [1.82, 2.24) is 10.1 Å². The molecule has 8 heteroatoms. The number of ether oxygens (including phenoxy) is 1. The Kier molecular flexibility index (Phi) is 5.30. The molecule has 122 valence electrons. The predicted octanol–water partition coefficient (Wildman–Crippen LogP) is 4.86. The first-order valence-corrected chi connectivity index (χ1v) is 8.47. The fourth-order valence-corrected chi connectivity index (χ4v) is 2.98. The molecule has 3 rings (SSSR count). The van der Waals surface area contributed by atoms with Gasteiger partial charge in [-0.3, -0.25) is 0 Å². The average Bonchev–Trinajstić information content (AvgIpc) is 3.23. The van der Waals surface area contributed by atoms with E-state index in [2.05, 4.69) is 10.1 Å². The molecular formula is C16H10Cl2N2O3S. The molecule has 0 saturated heterocycles. The van der Waals surface area contributed by atoms with Crippen LogP contribution in [0.15, 0.2) is 45.6 Å². The van der Waals surface area contributed by atoms with Crippen molar-refractivity contribution in [2.75, 3.05) is 0 Å². The topological polar surface area (TPSA) is 65.2 Å². The molecule has 0 atom stereocenters. The second kappa shape index (κ2) is 7.61. The van der Waals surface area contributed by atoms with Gasteiger partial charge in [-0.15, -0.1) is 0 Å². The van der Waals surface area contributed by atoms with Gasteiger partial charge in [-0.2, -0.15) is 16.3 Å². The van der Waals surface area contributed by atoms with Gasteiger partial charge in [0.05, 0.1) is 0 Å². The lowest BCUT2D eigenvalue weighted by Gasteiger charge is -2.01. The van der Waals surface area contributed by atoms with Crippen molar-refractivity contribution in [3.8, 4) is 11.4 Å². The van der Waals surface area contributed by atoms with E-state index in [1.54, 1.807) is 18.2 Å². The van der Waals surface area contributed by atoms with Crippen LogP contribution in [0.25, 0.3) is 17.5 Å². The standard InChI is InChI=1S/C16H10Cl2N2O3S/c17-12-2-1-3-13(18)11(12)4-5-15(21)22-8-14-19-16(20-23-14)10-6-7-24-9-10/h1-7,9H,8H2/b5-4+. The molecule has 24 heavy (non-hydrogen) atoms. The van der Waals surface area contributed by atoms with Crippen LogP contribution >= 0.6 is 34.5 Å². The van der Waals surface area contributed by atoms with Crippen molar-refractivity contribution in [3.05, 3.63) is 62.6 Å². The van der Waals surface area contributed by atoms with Gasteiger partial charge in [0.15, 0.2) is 6.61 Å². The predicted molar refractivity (Wildman–Crippen MR) is 92.9 cm³/mol. The highest BCUT2D eigenvalue weighted by atomic mass is 35.5. The number of benzene rings is 1. The molecule has 2 heterocycles. The van der Waals surface area contributed by atoms with Crippen molar-refractivity contribution in [1.29, 1.82) is 0 Å². The number of carbonyl (C=O) groups is 1.